The Morgan fingerprint density at radius 1 is 0.375 bits per heavy atom. The first-order valence-corrected chi connectivity index (χ1v) is 21.9. The van der Waals surface area contributed by atoms with Gasteiger partial charge in [-0.15, -0.1) is 0 Å². The normalized spacial score (nSPS) is 13.1. The third-order valence-corrected chi connectivity index (χ3v) is 13.7. The molecular weight excluding hydrogens is 781 g/mol. The first-order chi connectivity index (χ1) is 31.7. The Bertz CT molecular complexity index is 3780. The fourth-order valence-corrected chi connectivity index (χ4v) is 11.0. The van der Waals surface area contributed by atoms with Crippen LogP contribution in [0.3, 0.4) is 0 Å². The molecule has 0 radical (unpaired) electrons. The van der Waals surface area contributed by atoms with Crippen molar-refractivity contribution in [1.29, 1.82) is 0 Å². The largest absolute Gasteiger partial charge is 0.456 e. The number of rotatable bonds is 5. The first-order valence-electron chi connectivity index (χ1n) is 21.9. The molecule has 4 heteroatoms. The minimum absolute atomic E-state index is 0.418. The molecule has 2 heterocycles. The van der Waals surface area contributed by atoms with Crippen molar-refractivity contribution in [3.63, 3.8) is 0 Å². The van der Waals surface area contributed by atoms with Crippen molar-refractivity contribution < 1.29 is 8.83 Å². The maximum atomic E-state index is 6.73. The van der Waals surface area contributed by atoms with E-state index in [1.54, 1.807) is 0 Å². The summed E-state index contributed by atoms with van der Waals surface area (Å²) in [5, 5.41) is 4.09. The molecule has 12 aromatic rings. The predicted molar refractivity (Wildman–Crippen MR) is 261 cm³/mol. The molecule has 2 aromatic heterocycles. The van der Waals surface area contributed by atoms with Gasteiger partial charge in [-0.05, 0) is 127 Å². The van der Waals surface area contributed by atoms with Crippen LogP contribution in [0.15, 0.2) is 227 Å². The van der Waals surface area contributed by atoms with Gasteiger partial charge in [0.15, 0.2) is 5.58 Å². The van der Waals surface area contributed by atoms with Crippen LogP contribution in [0.4, 0.5) is 17.1 Å². The predicted octanol–water partition coefficient (Wildman–Crippen LogP) is 16.0. The van der Waals surface area contributed by atoms with Crippen LogP contribution in [0.5, 0.6) is 0 Å². The lowest BCUT2D eigenvalue weighted by Crippen LogP contribution is -2.25. The molecule has 64 heavy (non-hydrogen) atoms. The maximum absolute atomic E-state index is 6.73. The van der Waals surface area contributed by atoms with Gasteiger partial charge in [-0.25, -0.2) is 4.98 Å². The average Bonchev–Trinajstić information content (AvgIpc) is 4.11. The van der Waals surface area contributed by atoms with E-state index in [2.05, 4.69) is 199 Å². The van der Waals surface area contributed by atoms with E-state index in [0.717, 1.165) is 66.4 Å². The summed E-state index contributed by atoms with van der Waals surface area (Å²) in [5.74, 6) is 0.575. The molecule has 4 nitrogen and oxygen atoms in total. The zero-order chi connectivity index (χ0) is 41.9. The molecule has 14 rings (SSSR count). The van der Waals surface area contributed by atoms with Gasteiger partial charge in [-0.1, -0.05) is 158 Å². The molecule has 0 atom stereocenters. The van der Waals surface area contributed by atoms with E-state index in [4.69, 9.17) is 13.8 Å². The quantitative estimate of drug-likeness (QED) is 0.174. The van der Waals surface area contributed by atoms with Crippen molar-refractivity contribution in [1.82, 2.24) is 4.98 Å². The molecule has 1 spiro atoms. The Balaban J connectivity index is 1.01. The van der Waals surface area contributed by atoms with E-state index in [1.165, 1.54) is 55.6 Å². The van der Waals surface area contributed by atoms with Crippen molar-refractivity contribution >= 4 is 60.9 Å². The van der Waals surface area contributed by atoms with Gasteiger partial charge in [0.05, 0.1) is 11.0 Å². The lowest BCUT2D eigenvalue weighted by atomic mass is 9.70. The second-order valence-electron chi connectivity index (χ2n) is 17.0. The van der Waals surface area contributed by atoms with Gasteiger partial charge in [-0.2, -0.15) is 0 Å². The fraction of sp³-hybridized carbons (Fsp3) is 0.0167. The minimum atomic E-state index is -0.418. The number of fused-ring (bicyclic) bond motifs is 15. The molecule has 0 unspecified atom stereocenters. The maximum Gasteiger partial charge on any atom is 0.228 e. The second-order valence-corrected chi connectivity index (χ2v) is 17.0. The van der Waals surface area contributed by atoms with Crippen molar-refractivity contribution in [3.8, 4) is 44.8 Å². The number of benzene rings is 10. The number of oxazole rings is 1. The summed E-state index contributed by atoms with van der Waals surface area (Å²) in [6.45, 7) is 0. The lowest BCUT2D eigenvalue weighted by molar-refractivity contribution is 0.621. The third-order valence-electron chi connectivity index (χ3n) is 13.7. The highest BCUT2D eigenvalue weighted by Crippen LogP contribution is 2.63. The summed E-state index contributed by atoms with van der Waals surface area (Å²) >= 11 is 0. The van der Waals surface area contributed by atoms with Crippen molar-refractivity contribution in [2.45, 2.75) is 5.41 Å². The Morgan fingerprint density at radius 2 is 0.953 bits per heavy atom. The summed E-state index contributed by atoms with van der Waals surface area (Å²) in [6.07, 6.45) is 0. The average molecular weight is 817 g/mol. The van der Waals surface area contributed by atoms with Gasteiger partial charge < -0.3 is 13.7 Å². The molecule has 2 aliphatic carbocycles. The molecule has 2 aliphatic rings. The Kier molecular flexibility index (Phi) is 7.29. The smallest absolute Gasteiger partial charge is 0.228 e. The number of para-hydroxylation sites is 2. The number of aromatic nitrogens is 1. The third kappa shape index (κ3) is 4.85. The summed E-state index contributed by atoms with van der Waals surface area (Å²) in [4.78, 5) is 7.43. The molecule has 0 N–H and O–H groups in total. The molecule has 0 saturated carbocycles. The van der Waals surface area contributed by atoms with Crippen molar-refractivity contribution in [2.24, 2.45) is 0 Å². The van der Waals surface area contributed by atoms with Crippen molar-refractivity contribution in [3.05, 3.63) is 241 Å². The lowest BCUT2D eigenvalue weighted by Gasteiger charge is -2.31. The molecule has 0 aliphatic heterocycles. The van der Waals surface area contributed by atoms with E-state index >= 15 is 0 Å². The summed E-state index contributed by atoms with van der Waals surface area (Å²) < 4.78 is 13.3. The molecule has 0 amide bonds. The molecule has 10 aromatic carbocycles. The molecule has 0 saturated heterocycles. The van der Waals surface area contributed by atoms with E-state index in [1.807, 2.05) is 24.3 Å². The summed E-state index contributed by atoms with van der Waals surface area (Å²) in [6, 6.07) is 78.7. The van der Waals surface area contributed by atoms with Gasteiger partial charge in [0.1, 0.15) is 16.7 Å². The van der Waals surface area contributed by atoms with Crippen LogP contribution >= 0.6 is 0 Å². The van der Waals surface area contributed by atoms with E-state index in [9.17, 15) is 0 Å². The fourth-order valence-electron chi connectivity index (χ4n) is 11.0. The minimum Gasteiger partial charge on any atom is -0.456 e. The van der Waals surface area contributed by atoms with Crippen LogP contribution in [0.25, 0.3) is 88.6 Å². The molecule has 0 fully saturated rings. The SMILES string of the molecule is c1ccc(-c2ccc(N(c3ccc4c(c3)-c3ccccc3C43c4ccccc4-c4ccccc43)c3ccc4oc5cc6ccccc6c(-c6nc7ccccc7o6)c5c4c3)cc2)cc1. The number of hydrogen-bond acceptors (Lipinski definition) is 4. The van der Waals surface area contributed by atoms with Crippen molar-refractivity contribution in [2.75, 3.05) is 4.90 Å². The first kappa shape index (κ1) is 35.2. The highest BCUT2D eigenvalue weighted by Gasteiger charge is 2.51. The summed E-state index contributed by atoms with van der Waals surface area (Å²) in [5.41, 5.74) is 19.5. The number of anilines is 3. The zero-order valence-electron chi connectivity index (χ0n) is 34.5. The van der Waals surface area contributed by atoms with E-state index in [-0.39, 0.29) is 0 Å². The monoisotopic (exact) mass is 816 g/mol. The van der Waals surface area contributed by atoms with Crippen LogP contribution in [0.1, 0.15) is 22.3 Å². The Hall–Kier alpha value is -8.47. The molecule has 0 bridgehead atoms. The van der Waals surface area contributed by atoms with E-state index < -0.39 is 5.41 Å². The Labute approximate surface area is 368 Å². The van der Waals surface area contributed by atoms with Crippen LogP contribution in [-0.4, -0.2) is 4.98 Å². The number of furan rings is 1. The van der Waals surface area contributed by atoms with Crippen LogP contribution in [0.2, 0.25) is 0 Å². The Morgan fingerprint density at radius 3 is 1.70 bits per heavy atom. The summed E-state index contributed by atoms with van der Waals surface area (Å²) in [7, 11) is 0. The zero-order valence-corrected chi connectivity index (χ0v) is 34.5. The van der Waals surface area contributed by atoms with E-state index in [0.29, 0.717) is 5.89 Å². The number of nitrogens with zero attached hydrogens (tertiary/aromatic N) is 2. The van der Waals surface area contributed by atoms with Gasteiger partial charge in [0, 0.05) is 27.8 Å². The van der Waals surface area contributed by atoms with Crippen LogP contribution < -0.4 is 4.90 Å². The van der Waals surface area contributed by atoms with Crippen LogP contribution in [-0.2, 0) is 5.41 Å². The highest BCUT2D eigenvalue weighted by atomic mass is 16.3. The van der Waals surface area contributed by atoms with Gasteiger partial charge in [0.25, 0.3) is 0 Å². The highest BCUT2D eigenvalue weighted by molar-refractivity contribution is 6.20. The molecular formula is C60H36N2O2. The second kappa shape index (κ2) is 13.3. The topological polar surface area (TPSA) is 42.4 Å². The van der Waals surface area contributed by atoms with Gasteiger partial charge >= 0.3 is 0 Å². The van der Waals surface area contributed by atoms with Gasteiger partial charge in [0.2, 0.25) is 5.89 Å². The van der Waals surface area contributed by atoms with Gasteiger partial charge in [-0.3, -0.25) is 0 Å². The van der Waals surface area contributed by atoms with Crippen LogP contribution in [0, 0.1) is 0 Å². The number of hydrogen-bond donors (Lipinski definition) is 0. The standard InChI is InChI=1S/C60H36N2O2/c1-2-14-37(15-3-1)38-26-28-40(29-27-38)62(41-30-32-52-47(35-41)46-20-8-11-23-51(46)60(52)49-21-9-6-18-44(49)45-19-7-10-22-50(45)60)42-31-33-54-48(36-42)57-56(63-54)34-39-16-4-5-17-43(39)58(57)59-61-53-24-12-13-25-55(53)64-59/h1-36H. The molecule has 298 valence electrons.